The van der Waals surface area contributed by atoms with Gasteiger partial charge in [-0.05, 0) is 104 Å². The lowest BCUT2D eigenvalue weighted by Gasteiger charge is -2.71. The van der Waals surface area contributed by atoms with E-state index in [0.29, 0.717) is 25.7 Å². The van der Waals surface area contributed by atoms with Crippen molar-refractivity contribution >= 4 is 5.97 Å². The molecule has 7 fully saturated rings. The predicted octanol–water partition coefficient (Wildman–Crippen LogP) is -0.321. The van der Waals surface area contributed by atoms with E-state index in [4.69, 9.17) is 28.4 Å². The zero-order chi connectivity index (χ0) is 49.0. The Morgan fingerprint density at radius 2 is 1.16 bits per heavy atom. The van der Waals surface area contributed by atoms with Gasteiger partial charge in [-0.1, -0.05) is 53.2 Å². The normalized spacial score (nSPS) is 54.2. The molecule has 0 unspecified atom stereocenters. The van der Waals surface area contributed by atoms with Crippen LogP contribution in [0.5, 0.6) is 0 Å². The van der Waals surface area contributed by atoms with E-state index in [2.05, 4.69) is 40.7 Å². The number of carboxylic acid groups (broad SMARTS) is 1. The van der Waals surface area contributed by atoms with Crippen LogP contribution in [0.15, 0.2) is 11.6 Å². The number of aliphatic hydroxyl groups excluding tert-OH is 11. The summed E-state index contributed by atoms with van der Waals surface area (Å²) < 4.78 is 36.5. The van der Waals surface area contributed by atoms with Crippen LogP contribution in [0.4, 0.5) is 0 Å². The van der Waals surface area contributed by atoms with Crippen molar-refractivity contribution in [2.24, 2.45) is 50.2 Å². The number of carboxylic acids is 1. The summed E-state index contributed by atoms with van der Waals surface area (Å²) in [5.74, 6) is -0.641. The molecule has 24 atom stereocenters. The largest absolute Gasteiger partial charge is 0.481 e. The van der Waals surface area contributed by atoms with Gasteiger partial charge in [-0.15, -0.1) is 0 Å². The Balaban J connectivity index is 1.09. The summed E-state index contributed by atoms with van der Waals surface area (Å²) in [6, 6.07) is 0. The highest BCUT2D eigenvalue weighted by molar-refractivity contribution is 5.76. The molecule has 384 valence electrons. The van der Waals surface area contributed by atoms with Crippen LogP contribution in [0.25, 0.3) is 0 Å². The molecule has 0 aromatic carbocycles. The van der Waals surface area contributed by atoms with E-state index >= 15 is 0 Å². The Morgan fingerprint density at radius 1 is 0.612 bits per heavy atom. The van der Waals surface area contributed by atoms with Crippen molar-refractivity contribution in [3.8, 4) is 0 Å². The number of rotatable bonds is 11. The maximum atomic E-state index is 13.2. The summed E-state index contributed by atoms with van der Waals surface area (Å²) in [6.07, 6.45) is -16.7. The first-order chi connectivity index (χ1) is 31.4. The lowest BCUT2D eigenvalue weighted by molar-refractivity contribution is -0.396. The fourth-order valence-electron chi connectivity index (χ4n) is 15.2. The first-order valence-corrected chi connectivity index (χ1v) is 24.5. The zero-order valence-electron chi connectivity index (χ0n) is 39.7. The standard InChI is InChI=1S/C48H78O19/c1-43(2)13-15-48(42(60)61)16-14-46(5)22(23(48)17-43)7-8-28-44(3)11-10-29(45(4,21-52)27(44)9-12-47(28,46)6)65-41-38(67-40-35(58)33(56)31(54)25(19-50)63-40)36(59)37(26(20-51)64-41)66-39-34(57)32(55)30(53)24(18-49)62-39/h7,23-41,49-59H,8-21H2,1-6H3,(H,60,61)/t23-,24+,25+,26+,27+,28+,29-,30+,31+,32-,33-,34+,35+,36-,37+,38+,39-,40-,41-,44-,45-,46+,47+,48-/m0/s1. The molecule has 3 saturated heterocycles. The van der Waals surface area contributed by atoms with Gasteiger partial charge in [-0.2, -0.15) is 0 Å². The van der Waals surface area contributed by atoms with Gasteiger partial charge < -0.3 is 89.7 Å². The highest BCUT2D eigenvalue weighted by atomic mass is 16.8. The molecule has 67 heavy (non-hydrogen) atoms. The third-order valence-corrected chi connectivity index (χ3v) is 19.5. The summed E-state index contributed by atoms with van der Waals surface area (Å²) in [5, 5.41) is 129. The van der Waals surface area contributed by atoms with Crippen molar-refractivity contribution in [2.45, 2.75) is 204 Å². The third kappa shape index (κ3) is 8.10. The van der Waals surface area contributed by atoms with Gasteiger partial charge in [-0.25, -0.2) is 0 Å². The van der Waals surface area contributed by atoms with Crippen LogP contribution in [0.1, 0.15) is 106 Å². The van der Waals surface area contributed by atoms with Gasteiger partial charge in [-0.3, -0.25) is 4.79 Å². The maximum absolute atomic E-state index is 13.2. The Labute approximate surface area is 392 Å². The summed E-state index contributed by atoms with van der Waals surface area (Å²) in [5.41, 5.74) is -1.07. The van der Waals surface area contributed by atoms with Crippen LogP contribution < -0.4 is 0 Å². The van der Waals surface area contributed by atoms with Crippen molar-refractivity contribution in [1.29, 1.82) is 0 Å². The summed E-state index contributed by atoms with van der Waals surface area (Å²) in [6.45, 7) is 10.9. The van der Waals surface area contributed by atoms with Crippen LogP contribution in [-0.4, -0.2) is 192 Å². The molecule has 12 N–H and O–H groups in total. The quantitative estimate of drug-likeness (QED) is 0.0933. The van der Waals surface area contributed by atoms with Gasteiger partial charge in [0.1, 0.15) is 73.2 Å². The zero-order valence-corrected chi connectivity index (χ0v) is 39.7. The molecule has 3 aliphatic heterocycles. The average molecular weight is 959 g/mol. The Hall–Kier alpha value is -1.47. The molecule has 5 aliphatic carbocycles. The Kier molecular flexibility index (Phi) is 14.4. The summed E-state index contributed by atoms with van der Waals surface area (Å²) in [4.78, 5) is 13.2. The van der Waals surface area contributed by atoms with E-state index in [0.717, 1.165) is 38.5 Å². The van der Waals surface area contributed by atoms with Crippen LogP contribution >= 0.6 is 0 Å². The van der Waals surface area contributed by atoms with Crippen molar-refractivity contribution < 1.29 is 94.5 Å². The van der Waals surface area contributed by atoms with E-state index in [1.165, 1.54) is 5.57 Å². The molecule has 0 bridgehead atoms. The summed E-state index contributed by atoms with van der Waals surface area (Å²) >= 11 is 0. The van der Waals surface area contributed by atoms with Gasteiger partial charge in [0.2, 0.25) is 0 Å². The number of aliphatic carboxylic acids is 1. The van der Waals surface area contributed by atoms with Crippen molar-refractivity contribution in [3.05, 3.63) is 11.6 Å². The van der Waals surface area contributed by atoms with E-state index < -0.39 is 135 Å². The van der Waals surface area contributed by atoms with E-state index in [9.17, 15) is 66.1 Å². The number of fused-ring (bicyclic) bond motifs is 7. The molecule has 19 heteroatoms. The molecule has 3 heterocycles. The van der Waals surface area contributed by atoms with Crippen molar-refractivity contribution in [2.75, 3.05) is 26.4 Å². The molecule has 19 nitrogen and oxygen atoms in total. The molecule has 0 aromatic heterocycles. The maximum Gasteiger partial charge on any atom is 0.310 e. The van der Waals surface area contributed by atoms with Crippen molar-refractivity contribution in [3.63, 3.8) is 0 Å². The van der Waals surface area contributed by atoms with Crippen LogP contribution in [0.2, 0.25) is 0 Å². The third-order valence-electron chi connectivity index (χ3n) is 19.5. The van der Waals surface area contributed by atoms with Gasteiger partial charge in [0.15, 0.2) is 18.9 Å². The molecule has 0 aromatic rings. The minimum atomic E-state index is -1.91. The monoisotopic (exact) mass is 959 g/mol. The highest BCUT2D eigenvalue weighted by Gasteiger charge is 2.70. The molecule has 8 rings (SSSR count). The predicted molar refractivity (Wildman–Crippen MR) is 232 cm³/mol. The second-order valence-electron chi connectivity index (χ2n) is 23.3. The molecule has 8 aliphatic rings. The van der Waals surface area contributed by atoms with E-state index in [1.54, 1.807) is 0 Å². The smallest absolute Gasteiger partial charge is 0.310 e. The molecule has 0 amide bonds. The van der Waals surface area contributed by atoms with E-state index in [-0.39, 0.29) is 46.0 Å². The minimum absolute atomic E-state index is 0.0256. The molecule has 0 radical (unpaired) electrons. The molecule has 0 spiro atoms. The number of hydrogen-bond donors (Lipinski definition) is 12. The van der Waals surface area contributed by atoms with Crippen LogP contribution in [-0.2, 0) is 33.2 Å². The Morgan fingerprint density at radius 3 is 1.72 bits per heavy atom. The minimum Gasteiger partial charge on any atom is -0.481 e. The fourth-order valence-corrected chi connectivity index (χ4v) is 15.2. The highest BCUT2D eigenvalue weighted by Crippen LogP contribution is 2.76. The van der Waals surface area contributed by atoms with Crippen LogP contribution in [0.3, 0.4) is 0 Å². The number of ether oxygens (including phenoxy) is 6. The molecular weight excluding hydrogens is 881 g/mol. The lowest BCUT2D eigenvalue weighted by Crippen LogP contribution is -2.68. The van der Waals surface area contributed by atoms with Gasteiger partial charge in [0.25, 0.3) is 0 Å². The number of allylic oxidation sites excluding steroid dienone is 2. The lowest BCUT2D eigenvalue weighted by atomic mass is 9.33. The number of aliphatic hydroxyl groups is 11. The number of hydrogen-bond acceptors (Lipinski definition) is 18. The first kappa shape index (κ1) is 51.9. The average Bonchev–Trinajstić information content (AvgIpc) is 3.29. The molecule has 4 saturated carbocycles. The summed E-state index contributed by atoms with van der Waals surface area (Å²) in [7, 11) is 0. The van der Waals surface area contributed by atoms with Crippen LogP contribution in [0, 0.1) is 50.2 Å². The second kappa shape index (κ2) is 18.5. The first-order valence-electron chi connectivity index (χ1n) is 24.5. The fraction of sp³-hybridized carbons (Fsp3) is 0.938. The van der Waals surface area contributed by atoms with Gasteiger partial charge in [0.05, 0.1) is 37.9 Å². The SMILES string of the molecule is CC1(C)CC[C@]2(C(=O)O)CC[C@]3(C)C(=CC[C@@H]4[C@@]5(C)CC[C@H](O[C@@H]6O[C@H](CO)[C@@H](O[C@@H]7O[C@H](CO)[C@@H](O)[C@H](O)[C@H]7O)[C@H](O)[C@H]6O[C@@H]6O[C@H](CO)[C@@H](O)[C@H](O)[C@H]6O)[C@@](C)(CO)[C@@H]5CC[C@]43C)[C@@H]2C1. The van der Waals surface area contributed by atoms with E-state index in [1.807, 2.05) is 6.92 Å². The second-order valence-corrected chi connectivity index (χ2v) is 23.3. The Bertz CT molecular complexity index is 1810. The van der Waals surface area contributed by atoms with Gasteiger partial charge in [0, 0.05) is 5.41 Å². The van der Waals surface area contributed by atoms with Crippen molar-refractivity contribution in [1.82, 2.24) is 0 Å². The van der Waals surface area contributed by atoms with Gasteiger partial charge >= 0.3 is 5.97 Å². The number of carbonyl (C=O) groups is 1. The molecular formula is C48H78O19. The topological polar surface area (TPSA) is 315 Å².